The lowest BCUT2D eigenvalue weighted by atomic mass is 10.1. The minimum absolute atomic E-state index is 0.0491. The van der Waals surface area contributed by atoms with Gasteiger partial charge in [-0.2, -0.15) is 4.31 Å². The third kappa shape index (κ3) is 4.32. The molecule has 2 aromatic rings. The Bertz CT molecular complexity index is 938. The van der Waals surface area contributed by atoms with Crippen molar-refractivity contribution in [2.45, 2.75) is 16.7 Å². The van der Waals surface area contributed by atoms with Gasteiger partial charge in [0.05, 0.1) is 4.90 Å². The van der Waals surface area contributed by atoms with Crippen LogP contribution in [0.4, 0.5) is 0 Å². The average Bonchev–Trinajstić information content (AvgIpc) is 2.68. The molecule has 0 radical (unpaired) electrons. The van der Waals surface area contributed by atoms with Crippen LogP contribution >= 0.6 is 23.4 Å². The third-order valence-electron chi connectivity index (χ3n) is 4.65. The maximum Gasteiger partial charge on any atom is 0.254 e. The van der Waals surface area contributed by atoms with Crippen molar-refractivity contribution in [2.24, 2.45) is 0 Å². The number of aryl methyl sites for hydroxylation is 1. The minimum atomic E-state index is -3.58. The first-order chi connectivity index (χ1) is 12.8. The van der Waals surface area contributed by atoms with Gasteiger partial charge in [0.25, 0.3) is 5.91 Å². The number of rotatable bonds is 4. The predicted molar refractivity (Wildman–Crippen MR) is 109 cm³/mol. The zero-order chi connectivity index (χ0) is 19.6. The fraction of sp³-hybridized carbons (Fsp3) is 0.316. The van der Waals surface area contributed by atoms with Gasteiger partial charge in [0.15, 0.2) is 0 Å². The third-order valence-corrected chi connectivity index (χ3v) is 7.54. The summed E-state index contributed by atoms with van der Waals surface area (Å²) in [6, 6.07) is 12.0. The number of piperazine rings is 1. The van der Waals surface area contributed by atoms with Gasteiger partial charge in [0, 0.05) is 41.7 Å². The number of carbonyl (C=O) groups is 1. The van der Waals surface area contributed by atoms with E-state index in [-0.39, 0.29) is 23.9 Å². The summed E-state index contributed by atoms with van der Waals surface area (Å²) in [6.45, 7) is 3.21. The van der Waals surface area contributed by atoms with Crippen molar-refractivity contribution >= 4 is 39.3 Å². The number of carbonyl (C=O) groups excluding carboxylic acids is 1. The van der Waals surface area contributed by atoms with Crippen molar-refractivity contribution in [1.82, 2.24) is 9.21 Å². The standard InChI is InChI=1S/C19H21ClN2O3S2/c1-14-3-6-16(26-2)13-18(14)19(23)21-9-11-22(12-10-21)27(24,25)17-7-4-15(20)5-8-17/h3-8,13H,9-12H2,1-2H3. The maximum atomic E-state index is 12.9. The summed E-state index contributed by atoms with van der Waals surface area (Å²) in [4.78, 5) is 15.9. The summed E-state index contributed by atoms with van der Waals surface area (Å²) < 4.78 is 26.9. The molecule has 1 heterocycles. The zero-order valence-electron chi connectivity index (χ0n) is 15.2. The molecule has 1 aliphatic heterocycles. The molecule has 0 aromatic heterocycles. The molecule has 2 aromatic carbocycles. The van der Waals surface area contributed by atoms with Gasteiger partial charge in [0.1, 0.15) is 0 Å². The Morgan fingerprint density at radius 3 is 2.26 bits per heavy atom. The van der Waals surface area contributed by atoms with E-state index in [2.05, 4.69) is 0 Å². The Morgan fingerprint density at radius 1 is 1.04 bits per heavy atom. The Hall–Kier alpha value is -1.54. The summed E-state index contributed by atoms with van der Waals surface area (Å²) >= 11 is 7.43. The quantitative estimate of drug-likeness (QED) is 0.704. The predicted octanol–water partition coefficient (Wildman–Crippen LogP) is 3.52. The summed E-state index contributed by atoms with van der Waals surface area (Å²) in [5.74, 6) is -0.0491. The highest BCUT2D eigenvalue weighted by molar-refractivity contribution is 7.98. The lowest BCUT2D eigenvalue weighted by Crippen LogP contribution is -2.50. The lowest BCUT2D eigenvalue weighted by molar-refractivity contribution is 0.0697. The van der Waals surface area contributed by atoms with Gasteiger partial charge in [-0.25, -0.2) is 8.42 Å². The normalized spacial score (nSPS) is 15.7. The van der Waals surface area contributed by atoms with Crippen LogP contribution in [0, 0.1) is 6.92 Å². The van der Waals surface area contributed by atoms with E-state index >= 15 is 0 Å². The first kappa shape index (κ1) is 20.2. The molecule has 1 fully saturated rings. The number of amides is 1. The summed E-state index contributed by atoms with van der Waals surface area (Å²) in [5.41, 5.74) is 1.60. The second-order valence-corrected chi connectivity index (χ2v) is 9.59. The van der Waals surface area contributed by atoms with Crippen LogP contribution in [-0.2, 0) is 10.0 Å². The molecule has 1 saturated heterocycles. The summed E-state index contributed by atoms with van der Waals surface area (Å²) in [6.07, 6.45) is 1.97. The van der Waals surface area contributed by atoms with E-state index in [4.69, 9.17) is 11.6 Å². The SMILES string of the molecule is CSc1ccc(C)c(C(=O)N2CCN(S(=O)(=O)c3ccc(Cl)cc3)CC2)c1. The first-order valence-electron chi connectivity index (χ1n) is 8.52. The number of benzene rings is 2. The van der Waals surface area contributed by atoms with Crippen LogP contribution in [0.5, 0.6) is 0 Å². The van der Waals surface area contributed by atoms with Crippen LogP contribution in [0.2, 0.25) is 5.02 Å². The molecule has 0 N–H and O–H groups in total. The Labute approximate surface area is 169 Å². The highest BCUT2D eigenvalue weighted by atomic mass is 35.5. The second kappa shape index (κ2) is 8.22. The van der Waals surface area contributed by atoms with Gasteiger partial charge in [-0.05, 0) is 55.1 Å². The molecule has 3 rings (SSSR count). The van der Waals surface area contributed by atoms with E-state index in [1.54, 1.807) is 28.8 Å². The number of hydrogen-bond acceptors (Lipinski definition) is 4. The molecule has 0 atom stereocenters. The van der Waals surface area contributed by atoms with E-state index < -0.39 is 10.0 Å². The van der Waals surface area contributed by atoms with Crippen LogP contribution < -0.4 is 0 Å². The van der Waals surface area contributed by atoms with Crippen molar-refractivity contribution in [1.29, 1.82) is 0 Å². The van der Waals surface area contributed by atoms with Gasteiger partial charge in [-0.3, -0.25) is 4.79 Å². The summed E-state index contributed by atoms with van der Waals surface area (Å²) in [7, 11) is -3.58. The lowest BCUT2D eigenvalue weighted by Gasteiger charge is -2.34. The molecule has 27 heavy (non-hydrogen) atoms. The molecule has 0 unspecified atom stereocenters. The van der Waals surface area contributed by atoms with Crippen molar-refractivity contribution in [2.75, 3.05) is 32.4 Å². The monoisotopic (exact) mass is 424 g/mol. The Kier molecular flexibility index (Phi) is 6.15. The molecule has 0 spiro atoms. The van der Waals surface area contributed by atoms with Crippen LogP contribution in [0.3, 0.4) is 0 Å². The Balaban J connectivity index is 1.71. The molecule has 0 bridgehead atoms. The van der Waals surface area contributed by atoms with Crippen molar-refractivity contribution < 1.29 is 13.2 Å². The molecule has 144 valence electrons. The zero-order valence-corrected chi connectivity index (χ0v) is 17.6. The minimum Gasteiger partial charge on any atom is -0.336 e. The smallest absolute Gasteiger partial charge is 0.254 e. The number of thioether (sulfide) groups is 1. The molecule has 1 aliphatic rings. The van der Waals surface area contributed by atoms with E-state index in [1.165, 1.54) is 16.4 Å². The van der Waals surface area contributed by atoms with Crippen LogP contribution in [0.25, 0.3) is 0 Å². The van der Waals surface area contributed by atoms with Crippen molar-refractivity contribution in [3.8, 4) is 0 Å². The van der Waals surface area contributed by atoms with E-state index in [0.29, 0.717) is 23.7 Å². The topological polar surface area (TPSA) is 57.7 Å². The summed E-state index contributed by atoms with van der Waals surface area (Å²) in [5, 5.41) is 0.493. The highest BCUT2D eigenvalue weighted by Gasteiger charge is 2.30. The molecule has 5 nitrogen and oxygen atoms in total. The average molecular weight is 425 g/mol. The van der Waals surface area contributed by atoms with Crippen LogP contribution in [0.1, 0.15) is 15.9 Å². The molecular formula is C19H21ClN2O3S2. The number of sulfonamides is 1. The molecular weight excluding hydrogens is 404 g/mol. The first-order valence-corrected chi connectivity index (χ1v) is 11.6. The van der Waals surface area contributed by atoms with Crippen molar-refractivity contribution in [3.05, 3.63) is 58.6 Å². The second-order valence-electron chi connectivity index (χ2n) is 6.33. The largest absolute Gasteiger partial charge is 0.336 e. The van der Waals surface area contributed by atoms with E-state index in [0.717, 1.165) is 10.5 Å². The van der Waals surface area contributed by atoms with Gasteiger partial charge < -0.3 is 4.90 Å². The molecule has 1 amide bonds. The van der Waals surface area contributed by atoms with Gasteiger partial charge in [-0.15, -0.1) is 11.8 Å². The van der Waals surface area contributed by atoms with E-state index in [1.807, 2.05) is 31.4 Å². The van der Waals surface area contributed by atoms with Gasteiger partial charge in [0.2, 0.25) is 10.0 Å². The highest BCUT2D eigenvalue weighted by Crippen LogP contribution is 2.23. The fourth-order valence-electron chi connectivity index (χ4n) is 3.02. The van der Waals surface area contributed by atoms with Crippen LogP contribution in [-0.4, -0.2) is 56.0 Å². The van der Waals surface area contributed by atoms with Crippen LogP contribution in [0.15, 0.2) is 52.3 Å². The number of halogens is 1. The van der Waals surface area contributed by atoms with E-state index in [9.17, 15) is 13.2 Å². The number of hydrogen-bond donors (Lipinski definition) is 0. The van der Waals surface area contributed by atoms with Gasteiger partial charge in [-0.1, -0.05) is 17.7 Å². The maximum absolute atomic E-state index is 12.9. The molecule has 0 saturated carbocycles. The molecule has 0 aliphatic carbocycles. The van der Waals surface area contributed by atoms with Gasteiger partial charge >= 0.3 is 0 Å². The molecule has 8 heteroatoms. The fourth-order valence-corrected chi connectivity index (χ4v) is 5.00. The number of nitrogens with zero attached hydrogens (tertiary/aromatic N) is 2. The Morgan fingerprint density at radius 2 is 1.67 bits per heavy atom. The van der Waals surface area contributed by atoms with Crippen molar-refractivity contribution in [3.63, 3.8) is 0 Å².